The fourth-order valence-corrected chi connectivity index (χ4v) is 0.931. The fraction of sp³-hybridized carbons (Fsp3) is 0.125. The number of benzene rings is 1. The summed E-state index contributed by atoms with van der Waals surface area (Å²) in [5.41, 5.74) is 1.87. The van der Waals surface area contributed by atoms with Crippen LogP contribution in [-0.2, 0) is 0 Å². The summed E-state index contributed by atoms with van der Waals surface area (Å²) in [5.74, 6) is 0. The molecule has 0 saturated carbocycles. The van der Waals surface area contributed by atoms with Gasteiger partial charge in [-0.2, -0.15) is 0 Å². The Bertz CT molecular complexity index is 294. The molecule has 0 bridgehead atoms. The predicted octanol–water partition coefficient (Wildman–Crippen LogP) is -0.192. The second-order valence-corrected chi connectivity index (χ2v) is 2.41. The molecule has 0 fully saturated rings. The normalized spacial score (nSPS) is 9.45. The molecule has 0 saturated heterocycles. The Hall–Kier alpha value is -0.980. The van der Waals surface area contributed by atoms with E-state index in [-0.39, 0.29) is 5.65 Å². The first-order valence-electron chi connectivity index (χ1n) is 3.29. The van der Waals surface area contributed by atoms with Crippen LogP contribution >= 0.6 is 0 Å². The summed E-state index contributed by atoms with van der Waals surface area (Å²) in [5, 5.41) is 8.97. The number of rotatable bonds is 1. The number of aliphatic hydroxyl groups is 1. The number of hydrogen-bond acceptors (Lipinski definition) is 1. The van der Waals surface area contributed by atoms with E-state index in [1.807, 2.05) is 6.92 Å². The first-order chi connectivity index (χ1) is 5.13. The van der Waals surface area contributed by atoms with E-state index in [1.165, 1.54) is 0 Å². The van der Waals surface area contributed by atoms with E-state index in [4.69, 9.17) is 20.4 Å². The monoisotopic (exact) mass is 141 g/mol. The molecule has 1 rings (SSSR count). The van der Waals surface area contributed by atoms with Gasteiger partial charge in [0.05, 0.1) is 0 Å². The third kappa shape index (κ3) is 1.53. The van der Waals surface area contributed by atoms with Crippen molar-refractivity contribution in [1.29, 1.82) is 0 Å². The van der Waals surface area contributed by atoms with E-state index in [2.05, 4.69) is 0 Å². The van der Waals surface area contributed by atoms with Crippen molar-refractivity contribution in [2.24, 2.45) is 0 Å². The van der Waals surface area contributed by atoms with Crippen LogP contribution < -0.4 is 5.46 Å². The molecule has 0 aliphatic rings. The molecule has 0 heterocycles. The molecule has 1 aromatic carbocycles. The molecule has 0 unspecified atom stereocenters. The van der Waals surface area contributed by atoms with Gasteiger partial charge < -0.3 is 0 Å². The summed E-state index contributed by atoms with van der Waals surface area (Å²) in [6.07, 6.45) is 0. The molecule has 3 heteroatoms. The molecule has 1 N–H and O–H groups in total. The van der Waals surface area contributed by atoms with E-state index < -0.39 is 0 Å². The van der Waals surface area contributed by atoms with Crippen molar-refractivity contribution in [3.05, 3.63) is 29.3 Å². The van der Waals surface area contributed by atoms with Crippen molar-refractivity contribution in [2.75, 3.05) is 0 Å². The van der Waals surface area contributed by atoms with Crippen LogP contribution in [0.1, 0.15) is 11.1 Å². The van der Waals surface area contributed by atoms with Crippen molar-refractivity contribution in [3.8, 4) is 0 Å². The molecular weight excluding hydrogens is 134 g/mol. The second-order valence-electron chi connectivity index (χ2n) is 2.41. The van der Waals surface area contributed by atoms with Crippen LogP contribution in [-0.4, -0.2) is 26.1 Å². The first-order valence-corrected chi connectivity index (χ1v) is 3.29. The fourth-order valence-electron chi connectivity index (χ4n) is 0.931. The van der Waals surface area contributed by atoms with Gasteiger partial charge in [-0.05, 0) is 0 Å². The van der Waals surface area contributed by atoms with Gasteiger partial charge in [0.25, 0.3) is 0 Å². The van der Waals surface area contributed by atoms with Gasteiger partial charge in [-0.25, -0.2) is 0 Å². The summed E-state index contributed by atoms with van der Waals surface area (Å²) < 4.78 is 0. The summed E-state index contributed by atoms with van der Waals surface area (Å²) in [4.78, 5) is 0. The van der Waals surface area contributed by atoms with Crippen LogP contribution in [0.25, 0.3) is 0 Å². The minimum atomic E-state index is -0.185. The Morgan fingerprint density at radius 3 is 2.55 bits per heavy atom. The minimum absolute atomic E-state index is 0.185. The molecule has 51 valence electrons. The van der Waals surface area contributed by atoms with Gasteiger partial charge in [0.15, 0.2) is 0 Å². The summed E-state index contributed by atoms with van der Waals surface area (Å²) >= 11 is 0. The molecule has 11 heavy (non-hydrogen) atoms. The van der Waals surface area contributed by atoms with E-state index in [1.54, 1.807) is 18.2 Å². The molecule has 0 amide bonds. The van der Waals surface area contributed by atoms with Gasteiger partial charge >= 0.3 is 67.8 Å². The van der Waals surface area contributed by atoms with Crippen molar-refractivity contribution in [1.82, 2.24) is 0 Å². The zero-order chi connectivity index (χ0) is 8.43. The van der Waals surface area contributed by atoms with Gasteiger partial charge in [-0.15, -0.1) is 0 Å². The summed E-state index contributed by atoms with van der Waals surface area (Å²) in [7, 11) is 10.8. The Morgan fingerprint density at radius 1 is 1.45 bits per heavy atom. The standard InChI is InChI=1S/C8H7B2O/c1-5-6(8(10)11)3-2-4-7(5)9/h2-4,11H,1H3. The average Bonchev–Trinajstić information content (AvgIpc) is 1.94. The van der Waals surface area contributed by atoms with Crippen LogP contribution in [0.3, 0.4) is 0 Å². The molecule has 0 atom stereocenters. The van der Waals surface area contributed by atoms with Crippen molar-refractivity contribution < 1.29 is 5.11 Å². The molecule has 0 spiro atoms. The molecule has 0 aliphatic carbocycles. The van der Waals surface area contributed by atoms with Crippen LogP contribution in [0.2, 0.25) is 0 Å². The molecule has 1 aromatic rings. The van der Waals surface area contributed by atoms with E-state index >= 15 is 0 Å². The van der Waals surface area contributed by atoms with Crippen molar-refractivity contribution >= 4 is 26.4 Å². The molecule has 0 aliphatic heterocycles. The third-order valence-electron chi connectivity index (χ3n) is 1.65. The topological polar surface area (TPSA) is 20.2 Å². The van der Waals surface area contributed by atoms with Crippen LogP contribution in [0, 0.1) is 6.92 Å². The molecular formula is C8H7B2O. The quantitative estimate of drug-likeness (QED) is 0.537. The zero-order valence-electron chi connectivity index (χ0n) is 6.33. The number of aliphatic hydroxyl groups excluding tert-OH is 1. The maximum absolute atomic E-state index is 8.97. The summed E-state index contributed by atoms with van der Waals surface area (Å²) in [6.45, 7) is 1.81. The van der Waals surface area contributed by atoms with Crippen LogP contribution in [0.5, 0.6) is 0 Å². The van der Waals surface area contributed by atoms with E-state index in [0.717, 1.165) is 5.56 Å². The predicted molar refractivity (Wildman–Crippen MR) is 48.4 cm³/mol. The third-order valence-corrected chi connectivity index (χ3v) is 1.65. The first kappa shape index (κ1) is 8.12. The van der Waals surface area contributed by atoms with Crippen LogP contribution in [0.15, 0.2) is 18.2 Å². The van der Waals surface area contributed by atoms with Gasteiger partial charge in [-0.1, -0.05) is 0 Å². The van der Waals surface area contributed by atoms with E-state index in [9.17, 15) is 0 Å². The Labute approximate surface area is 68.5 Å². The van der Waals surface area contributed by atoms with Gasteiger partial charge in [-0.3, -0.25) is 0 Å². The Kier molecular flexibility index (Phi) is 2.18. The zero-order valence-corrected chi connectivity index (χ0v) is 6.33. The van der Waals surface area contributed by atoms with Gasteiger partial charge in [0.2, 0.25) is 0 Å². The molecule has 1 nitrogen and oxygen atoms in total. The van der Waals surface area contributed by atoms with Gasteiger partial charge in [0, 0.05) is 0 Å². The SMILES string of the molecule is [B]c1cccc(C(=[B])O)c1C. The van der Waals surface area contributed by atoms with Crippen molar-refractivity contribution in [3.63, 3.8) is 0 Å². The maximum atomic E-state index is 8.97. The second kappa shape index (κ2) is 2.95. The Balaban J connectivity index is 3.27. The van der Waals surface area contributed by atoms with Crippen molar-refractivity contribution in [2.45, 2.75) is 6.92 Å². The van der Waals surface area contributed by atoms with Gasteiger partial charge in [0.1, 0.15) is 0 Å². The van der Waals surface area contributed by atoms with E-state index in [0.29, 0.717) is 11.0 Å². The molecule has 3 radical (unpaired) electrons. The average molecular weight is 141 g/mol. The molecule has 0 aromatic heterocycles. The summed E-state index contributed by atoms with van der Waals surface area (Å²) in [6, 6.07) is 5.24. The van der Waals surface area contributed by atoms with Crippen LogP contribution in [0.4, 0.5) is 0 Å². The number of hydrogen-bond donors (Lipinski definition) is 1. The Morgan fingerprint density at radius 2 is 2.09 bits per heavy atom.